The molecule has 31 heavy (non-hydrogen) atoms. The molecule has 0 spiro atoms. The number of anilines is 2. The molecule has 4 rings (SSSR count). The lowest BCUT2D eigenvalue weighted by Crippen LogP contribution is -2.40. The average molecular weight is 463 g/mol. The summed E-state index contributed by atoms with van der Waals surface area (Å²) < 4.78 is 27.6. The Labute approximate surface area is 186 Å². The van der Waals surface area contributed by atoms with Crippen LogP contribution in [0, 0.1) is 0 Å². The third-order valence-corrected chi connectivity index (χ3v) is 7.07. The molecule has 0 aromatic heterocycles. The van der Waals surface area contributed by atoms with E-state index < -0.39 is 22.5 Å². The van der Waals surface area contributed by atoms with Crippen molar-refractivity contribution in [2.75, 3.05) is 36.4 Å². The molecule has 0 aliphatic carbocycles. The second-order valence-electron chi connectivity index (χ2n) is 7.55. The number of nitrogens with one attached hydrogen (secondary N) is 2. The lowest BCUT2D eigenvalue weighted by Gasteiger charge is -2.24. The first-order valence-electron chi connectivity index (χ1n) is 10.1. The number of urea groups is 1. The van der Waals surface area contributed by atoms with Crippen molar-refractivity contribution in [3.05, 3.63) is 53.1 Å². The summed E-state index contributed by atoms with van der Waals surface area (Å²) in [5, 5.41) is 3.14. The number of likely N-dealkylation sites (tertiary alicyclic amines) is 1. The number of hydrogen-bond acceptors (Lipinski definition) is 4. The normalized spacial score (nSPS) is 15.8. The van der Waals surface area contributed by atoms with Gasteiger partial charge < -0.3 is 10.2 Å². The maximum absolute atomic E-state index is 12.7. The van der Waals surface area contributed by atoms with Crippen molar-refractivity contribution in [2.24, 2.45) is 0 Å². The molecule has 2 aromatic rings. The largest absolute Gasteiger partial charge is 0.325 e. The highest BCUT2D eigenvalue weighted by Crippen LogP contribution is 2.31. The molecule has 1 saturated heterocycles. The van der Waals surface area contributed by atoms with Gasteiger partial charge in [-0.15, -0.1) is 0 Å². The number of rotatable bonds is 5. The van der Waals surface area contributed by atoms with E-state index in [4.69, 9.17) is 11.6 Å². The number of nitrogens with zero attached hydrogens (tertiary/aromatic N) is 2. The third-order valence-electron chi connectivity index (χ3n) is 5.42. The fraction of sp³-hybridized carbons (Fsp3) is 0.333. The number of fused-ring (bicyclic) bond motifs is 1. The van der Waals surface area contributed by atoms with Crippen molar-refractivity contribution in [1.29, 1.82) is 0 Å². The predicted octanol–water partition coefficient (Wildman–Crippen LogP) is 2.84. The molecular weight excluding hydrogens is 440 g/mol. The summed E-state index contributed by atoms with van der Waals surface area (Å²) in [4.78, 5) is 28.4. The first-order chi connectivity index (χ1) is 14.8. The highest BCUT2D eigenvalue weighted by atomic mass is 35.5. The van der Waals surface area contributed by atoms with Gasteiger partial charge in [0.25, 0.3) is 0 Å². The van der Waals surface area contributed by atoms with Crippen LogP contribution >= 0.6 is 11.6 Å². The van der Waals surface area contributed by atoms with E-state index in [2.05, 4.69) is 10.0 Å². The second kappa shape index (κ2) is 8.86. The van der Waals surface area contributed by atoms with E-state index in [0.717, 1.165) is 37.2 Å². The third kappa shape index (κ3) is 4.84. The van der Waals surface area contributed by atoms with Crippen LogP contribution < -0.4 is 14.9 Å². The van der Waals surface area contributed by atoms with Crippen molar-refractivity contribution in [3.63, 3.8) is 0 Å². The van der Waals surface area contributed by atoms with Gasteiger partial charge >= 0.3 is 6.03 Å². The Hall–Kier alpha value is -2.62. The molecule has 2 aromatic carbocycles. The first kappa shape index (κ1) is 21.6. The van der Waals surface area contributed by atoms with Crippen molar-refractivity contribution in [3.8, 4) is 0 Å². The lowest BCUT2D eigenvalue weighted by atomic mass is 10.2. The van der Waals surface area contributed by atoms with E-state index in [1.54, 1.807) is 41.3 Å². The first-order valence-corrected chi connectivity index (χ1v) is 11.9. The van der Waals surface area contributed by atoms with E-state index in [0.29, 0.717) is 23.7 Å². The molecule has 0 radical (unpaired) electrons. The van der Waals surface area contributed by atoms with Crippen LogP contribution in [0.1, 0.15) is 18.4 Å². The fourth-order valence-corrected chi connectivity index (χ4v) is 4.96. The number of amides is 3. The zero-order valence-corrected chi connectivity index (χ0v) is 18.4. The zero-order valence-electron chi connectivity index (χ0n) is 16.8. The average Bonchev–Trinajstić information content (AvgIpc) is 3.43. The minimum atomic E-state index is -3.88. The Morgan fingerprint density at radius 2 is 1.71 bits per heavy atom. The molecule has 0 atom stereocenters. The Morgan fingerprint density at radius 3 is 2.42 bits per heavy atom. The van der Waals surface area contributed by atoms with Crippen molar-refractivity contribution < 1.29 is 18.0 Å². The van der Waals surface area contributed by atoms with E-state index >= 15 is 0 Å². The van der Waals surface area contributed by atoms with Crippen LogP contribution in [-0.4, -0.2) is 51.4 Å². The summed E-state index contributed by atoms with van der Waals surface area (Å²) in [6.07, 6.45) is 2.62. The van der Waals surface area contributed by atoms with E-state index in [9.17, 15) is 18.0 Å². The molecule has 0 saturated carbocycles. The number of carbonyl (C=O) groups excluding carboxylic acids is 2. The molecule has 2 aliphatic heterocycles. The molecule has 2 N–H and O–H groups in total. The maximum atomic E-state index is 12.7. The lowest BCUT2D eigenvalue weighted by molar-refractivity contribution is -0.115. The smallest absolute Gasteiger partial charge is 0.324 e. The quantitative estimate of drug-likeness (QED) is 0.713. The van der Waals surface area contributed by atoms with Gasteiger partial charge in [-0.25, -0.2) is 17.9 Å². The van der Waals surface area contributed by atoms with Crippen LogP contribution in [0.15, 0.2) is 47.4 Å². The number of sulfonamides is 1. The van der Waals surface area contributed by atoms with E-state index in [1.165, 1.54) is 6.07 Å². The van der Waals surface area contributed by atoms with Gasteiger partial charge in [0, 0.05) is 36.0 Å². The maximum Gasteiger partial charge on any atom is 0.324 e. The van der Waals surface area contributed by atoms with Crippen LogP contribution in [0.25, 0.3) is 0 Å². The van der Waals surface area contributed by atoms with Gasteiger partial charge in [0.15, 0.2) is 0 Å². The summed E-state index contributed by atoms with van der Waals surface area (Å²) in [6, 6.07) is 11.2. The van der Waals surface area contributed by atoms with Crippen LogP contribution in [0.5, 0.6) is 0 Å². The van der Waals surface area contributed by atoms with Crippen LogP contribution in [0.3, 0.4) is 0 Å². The summed E-state index contributed by atoms with van der Waals surface area (Å²) in [7, 11) is -3.88. The van der Waals surface area contributed by atoms with Gasteiger partial charge in [0.2, 0.25) is 15.9 Å². The Morgan fingerprint density at radius 1 is 1.00 bits per heavy atom. The van der Waals surface area contributed by atoms with Crippen LogP contribution in [0.2, 0.25) is 5.02 Å². The second-order valence-corrected chi connectivity index (χ2v) is 9.75. The molecule has 1 fully saturated rings. The van der Waals surface area contributed by atoms with E-state index in [1.807, 2.05) is 4.90 Å². The van der Waals surface area contributed by atoms with Gasteiger partial charge in [0.05, 0.1) is 11.4 Å². The zero-order chi connectivity index (χ0) is 22.0. The number of benzene rings is 2. The molecule has 2 heterocycles. The standard InChI is InChI=1S/C21H23ClN4O4S/c22-16-3-5-17(6-4-16)24-20(27)14-23-31(29,30)18-7-8-19-15(13-18)9-12-26(19)21(28)25-10-1-2-11-25/h3-8,13,23H,1-2,9-12,14H2,(H,24,27). The number of hydrogen-bond donors (Lipinski definition) is 2. The Balaban J connectivity index is 1.40. The van der Waals surface area contributed by atoms with Gasteiger partial charge in [-0.05, 0) is 67.3 Å². The fourth-order valence-electron chi connectivity index (χ4n) is 3.81. The number of carbonyl (C=O) groups is 2. The van der Waals surface area contributed by atoms with Gasteiger partial charge in [-0.3, -0.25) is 9.69 Å². The van der Waals surface area contributed by atoms with Gasteiger partial charge in [-0.2, -0.15) is 0 Å². The predicted molar refractivity (Wildman–Crippen MR) is 119 cm³/mol. The van der Waals surface area contributed by atoms with Gasteiger partial charge in [0.1, 0.15) is 0 Å². The SMILES string of the molecule is O=C(CNS(=O)(=O)c1ccc2c(c1)CCN2C(=O)N1CCCC1)Nc1ccc(Cl)cc1. The number of halogens is 1. The minimum absolute atomic E-state index is 0.0242. The summed E-state index contributed by atoms with van der Waals surface area (Å²) in [5.74, 6) is -0.491. The molecule has 8 nitrogen and oxygen atoms in total. The summed E-state index contributed by atoms with van der Waals surface area (Å²) >= 11 is 5.81. The molecule has 3 amide bonds. The highest BCUT2D eigenvalue weighted by molar-refractivity contribution is 7.89. The molecular formula is C21H23ClN4O4S. The summed E-state index contributed by atoms with van der Waals surface area (Å²) in [5.41, 5.74) is 2.08. The molecule has 0 unspecified atom stereocenters. The molecule has 164 valence electrons. The summed E-state index contributed by atoms with van der Waals surface area (Å²) in [6.45, 7) is 1.66. The van der Waals surface area contributed by atoms with E-state index in [-0.39, 0.29) is 10.9 Å². The monoisotopic (exact) mass is 462 g/mol. The van der Waals surface area contributed by atoms with Gasteiger partial charge in [-0.1, -0.05) is 11.6 Å². The van der Waals surface area contributed by atoms with Crippen molar-refractivity contribution >= 4 is 44.9 Å². The Bertz CT molecular complexity index is 1100. The minimum Gasteiger partial charge on any atom is -0.325 e. The van der Waals surface area contributed by atoms with Crippen LogP contribution in [0.4, 0.5) is 16.2 Å². The topological polar surface area (TPSA) is 98.8 Å². The van der Waals surface area contributed by atoms with Crippen molar-refractivity contribution in [2.45, 2.75) is 24.2 Å². The van der Waals surface area contributed by atoms with Crippen molar-refractivity contribution in [1.82, 2.24) is 9.62 Å². The van der Waals surface area contributed by atoms with Crippen LogP contribution in [-0.2, 0) is 21.2 Å². The Kier molecular flexibility index (Phi) is 6.17. The molecule has 2 aliphatic rings. The highest BCUT2D eigenvalue weighted by Gasteiger charge is 2.30. The molecule has 10 heteroatoms. The molecule has 0 bridgehead atoms.